The normalized spacial score (nSPS) is 12.4. The fraction of sp³-hybridized carbons (Fsp3) is 0.250. The largest absolute Gasteiger partial charge is 0.496 e. The Labute approximate surface area is 104 Å². The molecule has 2 aromatic rings. The SMILES string of the molecule is COc1ccccc1-c1csc(C(O)CN)n1. The maximum absolute atomic E-state index is 9.61. The third kappa shape index (κ3) is 2.46. The molecule has 0 radical (unpaired) electrons. The minimum atomic E-state index is -0.691. The number of thiazole rings is 1. The maximum Gasteiger partial charge on any atom is 0.128 e. The van der Waals surface area contributed by atoms with Crippen molar-refractivity contribution < 1.29 is 9.84 Å². The molecule has 0 aliphatic heterocycles. The summed E-state index contributed by atoms with van der Waals surface area (Å²) in [6.45, 7) is 0.179. The quantitative estimate of drug-likeness (QED) is 0.868. The molecule has 1 unspecified atom stereocenters. The number of nitrogens with zero attached hydrogens (tertiary/aromatic N) is 1. The van der Waals surface area contributed by atoms with Gasteiger partial charge in [-0.15, -0.1) is 11.3 Å². The Morgan fingerprint density at radius 3 is 2.94 bits per heavy atom. The van der Waals surface area contributed by atoms with Crippen LogP contribution < -0.4 is 10.5 Å². The van der Waals surface area contributed by atoms with Gasteiger partial charge >= 0.3 is 0 Å². The molecule has 3 N–H and O–H groups in total. The fourth-order valence-electron chi connectivity index (χ4n) is 1.52. The summed E-state index contributed by atoms with van der Waals surface area (Å²) in [5, 5.41) is 12.1. The van der Waals surface area contributed by atoms with Gasteiger partial charge in [0, 0.05) is 17.5 Å². The second-order valence-corrected chi connectivity index (χ2v) is 4.41. The molecule has 4 nitrogen and oxygen atoms in total. The first-order valence-corrected chi connectivity index (χ1v) is 6.11. The van der Waals surface area contributed by atoms with Crippen molar-refractivity contribution in [1.82, 2.24) is 4.98 Å². The van der Waals surface area contributed by atoms with E-state index in [9.17, 15) is 5.11 Å². The van der Waals surface area contributed by atoms with Crippen LogP contribution in [0.2, 0.25) is 0 Å². The second kappa shape index (κ2) is 5.27. The summed E-state index contributed by atoms with van der Waals surface area (Å²) in [6.07, 6.45) is -0.691. The van der Waals surface area contributed by atoms with Gasteiger partial charge in [0.1, 0.15) is 16.9 Å². The average Bonchev–Trinajstić information content (AvgIpc) is 2.87. The van der Waals surface area contributed by atoms with Gasteiger partial charge in [0.2, 0.25) is 0 Å². The van der Waals surface area contributed by atoms with Crippen LogP contribution in [0.1, 0.15) is 11.1 Å². The third-order valence-electron chi connectivity index (χ3n) is 2.41. The molecular formula is C12H14N2O2S. The lowest BCUT2D eigenvalue weighted by atomic mass is 10.1. The van der Waals surface area contributed by atoms with Gasteiger partial charge < -0.3 is 15.6 Å². The number of nitrogens with two attached hydrogens (primary N) is 1. The summed E-state index contributed by atoms with van der Waals surface area (Å²) >= 11 is 1.40. The molecule has 1 heterocycles. The van der Waals surface area contributed by atoms with Crippen LogP contribution in [0.4, 0.5) is 0 Å². The van der Waals surface area contributed by atoms with Gasteiger partial charge in [-0.1, -0.05) is 12.1 Å². The van der Waals surface area contributed by atoms with E-state index < -0.39 is 6.10 Å². The molecule has 1 aromatic heterocycles. The number of aromatic nitrogens is 1. The highest BCUT2D eigenvalue weighted by Gasteiger charge is 2.13. The van der Waals surface area contributed by atoms with Crippen molar-refractivity contribution in [2.75, 3.05) is 13.7 Å². The number of para-hydroxylation sites is 1. The van der Waals surface area contributed by atoms with E-state index in [1.165, 1.54) is 11.3 Å². The highest BCUT2D eigenvalue weighted by molar-refractivity contribution is 7.10. The van der Waals surface area contributed by atoms with Crippen LogP contribution in [-0.2, 0) is 0 Å². The molecule has 2 rings (SSSR count). The number of methoxy groups -OCH3 is 1. The lowest BCUT2D eigenvalue weighted by molar-refractivity contribution is 0.186. The number of benzene rings is 1. The van der Waals surface area contributed by atoms with Crippen LogP contribution in [0.5, 0.6) is 5.75 Å². The second-order valence-electron chi connectivity index (χ2n) is 3.52. The molecule has 0 fully saturated rings. The molecule has 17 heavy (non-hydrogen) atoms. The van der Waals surface area contributed by atoms with E-state index in [1.807, 2.05) is 29.6 Å². The van der Waals surface area contributed by atoms with E-state index in [2.05, 4.69) is 4.98 Å². The van der Waals surface area contributed by atoms with Crippen LogP contribution in [0, 0.1) is 0 Å². The molecule has 0 bridgehead atoms. The zero-order valence-electron chi connectivity index (χ0n) is 9.46. The standard InChI is InChI=1S/C12H14N2O2S/c1-16-11-5-3-2-4-8(11)9-7-17-12(14-9)10(15)6-13/h2-5,7,10,15H,6,13H2,1H3. The lowest BCUT2D eigenvalue weighted by Crippen LogP contribution is -2.11. The summed E-state index contributed by atoms with van der Waals surface area (Å²) in [6, 6.07) is 7.65. The van der Waals surface area contributed by atoms with Gasteiger partial charge in [0.25, 0.3) is 0 Å². The van der Waals surface area contributed by atoms with Crippen molar-refractivity contribution in [3.63, 3.8) is 0 Å². The average molecular weight is 250 g/mol. The monoisotopic (exact) mass is 250 g/mol. The molecule has 0 amide bonds. The van der Waals surface area contributed by atoms with E-state index >= 15 is 0 Å². The molecule has 0 spiro atoms. The number of hydrogen-bond donors (Lipinski definition) is 2. The Morgan fingerprint density at radius 1 is 1.47 bits per heavy atom. The van der Waals surface area contributed by atoms with Gasteiger partial charge in [-0.3, -0.25) is 0 Å². The van der Waals surface area contributed by atoms with Crippen LogP contribution in [-0.4, -0.2) is 23.7 Å². The maximum atomic E-state index is 9.61. The molecule has 1 atom stereocenters. The van der Waals surface area contributed by atoms with E-state index in [0.717, 1.165) is 17.0 Å². The smallest absolute Gasteiger partial charge is 0.128 e. The molecule has 90 valence electrons. The summed E-state index contributed by atoms with van der Waals surface area (Å²) in [7, 11) is 1.63. The van der Waals surface area contributed by atoms with Crippen molar-refractivity contribution in [3.05, 3.63) is 34.7 Å². The van der Waals surface area contributed by atoms with Gasteiger partial charge in [-0.2, -0.15) is 0 Å². The summed E-state index contributed by atoms with van der Waals surface area (Å²) in [5.41, 5.74) is 7.12. The Balaban J connectivity index is 2.37. The van der Waals surface area contributed by atoms with Crippen molar-refractivity contribution in [2.45, 2.75) is 6.10 Å². The zero-order valence-corrected chi connectivity index (χ0v) is 10.3. The first-order chi connectivity index (χ1) is 8.26. The van der Waals surface area contributed by atoms with Gasteiger partial charge in [0.05, 0.1) is 12.8 Å². The van der Waals surface area contributed by atoms with Crippen molar-refractivity contribution in [2.24, 2.45) is 5.73 Å². The predicted molar refractivity (Wildman–Crippen MR) is 68.1 cm³/mol. The van der Waals surface area contributed by atoms with Crippen LogP contribution in [0.15, 0.2) is 29.6 Å². The Hall–Kier alpha value is -1.43. The molecular weight excluding hydrogens is 236 g/mol. The Morgan fingerprint density at radius 2 is 2.24 bits per heavy atom. The topological polar surface area (TPSA) is 68.4 Å². The van der Waals surface area contributed by atoms with Crippen molar-refractivity contribution >= 4 is 11.3 Å². The number of rotatable bonds is 4. The highest BCUT2D eigenvalue weighted by Crippen LogP contribution is 2.31. The van der Waals surface area contributed by atoms with Crippen LogP contribution >= 0.6 is 11.3 Å². The summed E-state index contributed by atoms with van der Waals surface area (Å²) in [4.78, 5) is 4.37. The Kier molecular flexibility index (Phi) is 3.73. The van der Waals surface area contributed by atoms with Gasteiger partial charge in [0.15, 0.2) is 0 Å². The molecule has 0 saturated carbocycles. The minimum absolute atomic E-state index is 0.179. The molecule has 5 heteroatoms. The number of aliphatic hydroxyl groups is 1. The number of aliphatic hydroxyl groups excluding tert-OH is 1. The Bertz CT molecular complexity index is 499. The summed E-state index contributed by atoms with van der Waals surface area (Å²) < 4.78 is 5.27. The first kappa shape index (κ1) is 12.0. The molecule has 0 saturated heterocycles. The molecule has 0 aliphatic rings. The van der Waals surface area contributed by atoms with Gasteiger partial charge in [-0.25, -0.2) is 4.98 Å². The third-order valence-corrected chi connectivity index (χ3v) is 3.36. The van der Waals surface area contributed by atoms with E-state index in [4.69, 9.17) is 10.5 Å². The summed E-state index contributed by atoms with van der Waals surface area (Å²) in [5.74, 6) is 0.770. The van der Waals surface area contributed by atoms with E-state index in [-0.39, 0.29) is 6.54 Å². The van der Waals surface area contributed by atoms with Crippen LogP contribution in [0.3, 0.4) is 0 Å². The van der Waals surface area contributed by atoms with Crippen molar-refractivity contribution in [3.8, 4) is 17.0 Å². The first-order valence-electron chi connectivity index (χ1n) is 5.23. The fourth-order valence-corrected chi connectivity index (χ4v) is 2.34. The minimum Gasteiger partial charge on any atom is -0.496 e. The molecule has 1 aromatic carbocycles. The van der Waals surface area contributed by atoms with Crippen molar-refractivity contribution in [1.29, 1.82) is 0 Å². The predicted octanol–water partition coefficient (Wildman–Crippen LogP) is 1.81. The lowest BCUT2D eigenvalue weighted by Gasteiger charge is -2.05. The van der Waals surface area contributed by atoms with Crippen LogP contribution in [0.25, 0.3) is 11.3 Å². The number of hydrogen-bond acceptors (Lipinski definition) is 5. The zero-order chi connectivity index (χ0) is 12.3. The molecule has 0 aliphatic carbocycles. The van der Waals surface area contributed by atoms with Gasteiger partial charge in [-0.05, 0) is 12.1 Å². The van der Waals surface area contributed by atoms with E-state index in [0.29, 0.717) is 5.01 Å². The number of ether oxygens (including phenoxy) is 1. The highest BCUT2D eigenvalue weighted by atomic mass is 32.1. The van der Waals surface area contributed by atoms with E-state index in [1.54, 1.807) is 7.11 Å².